The number of aromatic nitrogens is 1. The van der Waals surface area contributed by atoms with E-state index in [4.69, 9.17) is 4.74 Å². The summed E-state index contributed by atoms with van der Waals surface area (Å²) >= 11 is 0. The Morgan fingerprint density at radius 1 is 1.50 bits per heavy atom. The van der Waals surface area contributed by atoms with Gasteiger partial charge in [0, 0.05) is 26.0 Å². The van der Waals surface area contributed by atoms with Gasteiger partial charge >= 0.3 is 0 Å². The Labute approximate surface area is 72.8 Å². The van der Waals surface area contributed by atoms with Gasteiger partial charge in [0.05, 0.1) is 6.10 Å². The topological polar surface area (TPSA) is 34.1 Å². The molecule has 0 spiro atoms. The van der Waals surface area contributed by atoms with Crippen molar-refractivity contribution < 1.29 is 4.74 Å². The van der Waals surface area contributed by atoms with Crippen LogP contribution in [-0.2, 0) is 4.74 Å². The summed E-state index contributed by atoms with van der Waals surface area (Å²) in [5.41, 5.74) is 1.15. The Morgan fingerprint density at radius 2 is 2.17 bits per heavy atom. The minimum Gasteiger partial charge on any atom is -0.375 e. The van der Waals surface area contributed by atoms with E-state index in [2.05, 4.69) is 10.3 Å². The molecular weight excluding hydrogens is 152 g/mol. The number of methoxy groups -OCH3 is 1. The summed E-state index contributed by atoms with van der Waals surface area (Å²) in [4.78, 5) is 3.95. The fraction of sp³-hybridized carbons (Fsp3) is 0.444. The smallest absolute Gasteiger partial charge is 0.0946 e. The SMILES string of the molecule is CNCC(OC)c1ccncc1. The Balaban J connectivity index is 2.66. The predicted molar refractivity (Wildman–Crippen MR) is 47.9 cm³/mol. The lowest BCUT2D eigenvalue weighted by molar-refractivity contribution is 0.104. The van der Waals surface area contributed by atoms with Crippen LogP contribution < -0.4 is 5.32 Å². The molecule has 0 amide bonds. The largest absolute Gasteiger partial charge is 0.375 e. The van der Waals surface area contributed by atoms with Gasteiger partial charge in [-0.1, -0.05) is 0 Å². The monoisotopic (exact) mass is 166 g/mol. The summed E-state index contributed by atoms with van der Waals surface area (Å²) in [6.07, 6.45) is 3.67. The standard InChI is InChI=1S/C9H14N2O/c1-10-7-9(12-2)8-3-5-11-6-4-8/h3-6,9-10H,7H2,1-2H3. The lowest BCUT2D eigenvalue weighted by atomic mass is 10.1. The number of hydrogen-bond acceptors (Lipinski definition) is 3. The van der Waals surface area contributed by atoms with Gasteiger partial charge in [0.25, 0.3) is 0 Å². The minimum atomic E-state index is 0.123. The zero-order valence-electron chi connectivity index (χ0n) is 7.45. The Hall–Kier alpha value is -0.930. The molecule has 1 aromatic heterocycles. The van der Waals surface area contributed by atoms with Gasteiger partial charge in [0.1, 0.15) is 0 Å². The van der Waals surface area contributed by atoms with E-state index in [-0.39, 0.29) is 6.10 Å². The quantitative estimate of drug-likeness (QED) is 0.724. The van der Waals surface area contributed by atoms with Crippen molar-refractivity contribution in [2.24, 2.45) is 0 Å². The molecule has 1 unspecified atom stereocenters. The van der Waals surface area contributed by atoms with Gasteiger partial charge in [-0.3, -0.25) is 4.98 Å². The van der Waals surface area contributed by atoms with Crippen molar-refractivity contribution in [2.75, 3.05) is 20.7 Å². The lowest BCUT2D eigenvalue weighted by Gasteiger charge is -2.14. The van der Waals surface area contributed by atoms with E-state index < -0.39 is 0 Å². The van der Waals surface area contributed by atoms with E-state index in [0.29, 0.717) is 0 Å². The summed E-state index contributed by atoms with van der Waals surface area (Å²) < 4.78 is 5.29. The van der Waals surface area contributed by atoms with E-state index in [1.54, 1.807) is 19.5 Å². The number of nitrogens with zero attached hydrogens (tertiary/aromatic N) is 1. The van der Waals surface area contributed by atoms with E-state index in [1.807, 2.05) is 19.2 Å². The highest BCUT2D eigenvalue weighted by atomic mass is 16.5. The summed E-state index contributed by atoms with van der Waals surface area (Å²) in [6.45, 7) is 0.820. The van der Waals surface area contributed by atoms with Crippen LogP contribution in [0.15, 0.2) is 24.5 Å². The van der Waals surface area contributed by atoms with Gasteiger partial charge < -0.3 is 10.1 Å². The molecule has 0 saturated heterocycles. The molecular formula is C9H14N2O. The van der Waals surface area contributed by atoms with Gasteiger partial charge in [-0.2, -0.15) is 0 Å². The molecule has 1 heterocycles. The second-order valence-electron chi connectivity index (χ2n) is 2.56. The third kappa shape index (κ3) is 2.29. The number of hydrogen-bond donors (Lipinski definition) is 1. The molecule has 0 bridgehead atoms. The van der Waals surface area contributed by atoms with Crippen LogP contribution >= 0.6 is 0 Å². The third-order valence-corrected chi connectivity index (χ3v) is 1.75. The van der Waals surface area contributed by atoms with Crippen LogP contribution in [0.1, 0.15) is 11.7 Å². The van der Waals surface area contributed by atoms with Crippen LogP contribution in [-0.4, -0.2) is 25.7 Å². The van der Waals surface area contributed by atoms with Crippen LogP contribution in [0.5, 0.6) is 0 Å². The van der Waals surface area contributed by atoms with Crippen molar-refractivity contribution in [3.63, 3.8) is 0 Å². The second kappa shape index (κ2) is 4.85. The maximum atomic E-state index is 5.29. The van der Waals surface area contributed by atoms with Crippen molar-refractivity contribution >= 4 is 0 Å². The van der Waals surface area contributed by atoms with Crippen LogP contribution in [0.25, 0.3) is 0 Å². The number of likely N-dealkylation sites (N-methyl/N-ethyl adjacent to an activating group) is 1. The Morgan fingerprint density at radius 3 is 2.67 bits per heavy atom. The molecule has 0 fully saturated rings. The molecule has 12 heavy (non-hydrogen) atoms. The number of nitrogens with one attached hydrogen (secondary N) is 1. The maximum Gasteiger partial charge on any atom is 0.0946 e. The van der Waals surface area contributed by atoms with Crippen molar-refractivity contribution in [3.05, 3.63) is 30.1 Å². The molecule has 66 valence electrons. The fourth-order valence-corrected chi connectivity index (χ4v) is 1.10. The van der Waals surface area contributed by atoms with Crippen molar-refractivity contribution in [2.45, 2.75) is 6.10 Å². The summed E-state index contributed by atoms with van der Waals surface area (Å²) in [6, 6.07) is 3.93. The van der Waals surface area contributed by atoms with Gasteiger partial charge in [0.2, 0.25) is 0 Å². The van der Waals surface area contributed by atoms with Gasteiger partial charge in [-0.25, -0.2) is 0 Å². The number of rotatable bonds is 4. The zero-order chi connectivity index (χ0) is 8.81. The Kier molecular flexibility index (Phi) is 3.70. The molecule has 1 aromatic rings. The molecule has 0 aliphatic carbocycles. The predicted octanol–water partition coefficient (Wildman–Crippen LogP) is 0.988. The third-order valence-electron chi connectivity index (χ3n) is 1.75. The first-order chi connectivity index (χ1) is 5.88. The van der Waals surface area contributed by atoms with Crippen molar-refractivity contribution in [3.8, 4) is 0 Å². The van der Waals surface area contributed by atoms with Gasteiger partial charge in [-0.15, -0.1) is 0 Å². The lowest BCUT2D eigenvalue weighted by Crippen LogP contribution is -2.18. The first-order valence-corrected chi connectivity index (χ1v) is 3.95. The second-order valence-corrected chi connectivity index (χ2v) is 2.56. The molecule has 1 rings (SSSR count). The van der Waals surface area contributed by atoms with E-state index in [0.717, 1.165) is 12.1 Å². The highest BCUT2D eigenvalue weighted by Crippen LogP contribution is 2.13. The first-order valence-electron chi connectivity index (χ1n) is 3.95. The average molecular weight is 166 g/mol. The van der Waals surface area contributed by atoms with Crippen LogP contribution in [0.3, 0.4) is 0 Å². The van der Waals surface area contributed by atoms with Crippen LogP contribution in [0.4, 0.5) is 0 Å². The number of pyridine rings is 1. The highest BCUT2D eigenvalue weighted by molar-refractivity contribution is 5.13. The average Bonchev–Trinajstić information content (AvgIpc) is 2.15. The normalized spacial score (nSPS) is 12.8. The molecule has 0 saturated carbocycles. The van der Waals surface area contributed by atoms with Gasteiger partial charge in [0.15, 0.2) is 0 Å². The van der Waals surface area contributed by atoms with E-state index in [1.165, 1.54) is 0 Å². The number of ether oxygens (including phenoxy) is 1. The molecule has 0 aliphatic rings. The van der Waals surface area contributed by atoms with E-state index in [9.17, 15) is 0 Å². The highest BCUT2D eigenvalue weighted by Gasteiger charge is 2.07. The van der Waals surface area contributed by atoms with Crippen molar-refractivity contribution in [1.82, 2.24) is 10.3 Å². The molecule has 0 aliphatic heterocycles. The first kappa shape index (κ1) is 9.16. The Bertz CT molecular complexity index is 213. The fourth-order valence-electron chi connectivity index (χ4n) is 1.10. The minimum absolute atomic E-state index is 0.123. The van der Waals surface area contributed by atoms with Crippen molar-refractivity contribution in [1.29, 1.82) is 0 Å². The molecule has 3 heteroatoms. The van der Waals surface area contributed by atoms with Gasteiger partial charge in [-0.05, 0) is 24.7 Å². The summed E-state index contributed by atoms with van der Waals surface area (Å²) in [5.74, 6) is 0. The maximum absolute atomic E-state index is 5.29. The van der Waals surface area contributed by atoms with E-state index >= 15 is 0 Å². The molecule has 1 N–H and O–H groups in total. The van der Waals surface area contributed by atoms with Crippen LogP contribution in [0.2, 0.25) is 0 Å². The molecule has 3 nitrogen and oxygen atoms in total. The molecule has 0 aromatic carbocycles. The summed E-state index contributed by atoms with van der Waals surface area (Å²) in [7, 11) is 3.62. The summed E-state index contributed by atoms with van der Waals surface area (Å²) in [5, 5.41) is 3.07. The molecule has 0 radical (unpaired) electrons. The van der Waals surface area contributed by atoms with Crippen LogP contribution in [0, 0.1) is 0 Å². The molecule has 1 atom stereocenters. The zero-order valence-corrected chi connectivity index (χ0v) is 7.45.